The molecule has 0 aliphatic rings. The van der Waals surface area contributed by atoms with E-state index in [1.54, 1.807) is 0 Å². The van der Waals surface area contributed by atoms with E-state index < -0.39 is 17.8 Å². The van der Waals surface area contributed by atoms with E-state index in [4.69, 9.17) is 22.4 Å². The van der Waals surface area contributed by atoms with Gasteiger partial charge in [0.05, 0.1) is 0 Å². The Bertz CT molecular complexity index is 360. The van der Waals surface area contributed by atoms with Crippen molar-refractivity contribution < 1.29 is 14.3 Å². The fraction of sp³-hybridized carbons (Fsp3) is 0.222. The molecule has 3 N–H and O–H groups in total. The molecule has 84 valence electrons. The third-order valence-electron chi connectivity index (χ3n) is 1.77. The van der Waals surface area contributed by atoms with Crippen molar-refractivity contribution in [2.45, 2.75) is 12.5 Å². The lowest BCUT2D eigenvalue weighted by Gasteiger charge is -2.07. The van der Waals surface area contributed by atoms with E-state index in [-0.39, 0.29) is 29.4 Å². The summed E-state index contributed by atoms with van der Waals surface area (Å²) in [6, 6.07) is 2.96. The smallest absolute Gasteiger partial charge is 0.320 e. The van der Waals surface area contributed by atoms with Crippen LogP contribution in [0.5, 0.6) is 0 Å². The van der Waals surface area contributed by atoms with Gasteiger partial charge < -0.3 is 10.8 Å². The second-order valence-electron chi connectivity index (χ2n) is 2.88. The molecule has 0 heterocycles. The van der Waals surface area contributed by atoms with Crippen LogP contribution in [0.25, 0.3) is 0 Å². The fourth-order valence-electron chi connectivity index (χ4n) is 1.01. The summed E-state index contributed by atoms with van der Waals surface area (Å²) in [6.07, 6.45) is -0.0433. The summed E-state index contributed by atoms with van der Waals surface area (Å²) < 4.78 is 13.1. The molecular formula is C9H10Cl2FNO2. The van der Waals surface area contributed by atoms with E-state index in [1.807, 2.05) is 0 Å². The molecule has 0 spiro atoms. The molecule has 1 aromatic carbocycles. The number of rotatable bonds is 3. The molecule has 3 nitrogen and oxygen atoms in total. The van der Waals surface area contributed by atoms with E-state index in [0.717, 1.165) is 6.07 Å². The van der Waals surface area contributed by atoms with Gasteiger partial charge in [0.25, 0.3) is 0 Å². The SMILES string of the molecule is Cl.N[C@@H](Cc1ccc(Cl)cc1F)C(=O)O. The van der Waals surface area contributed by atoms with Crippen LogP contribution in [0.1, 0.15) is 5.56 Å². The highest BCUT2D eigenvalue weighted by molar-refractivity contribution is 6.30. The average Bonchev–Trinajstić information content (AvgIpc) is 2.09. The maximum Gasteiger partial charge on any atom is 0.320 e. The largest absolute Gasteiger partial charge is 0.480 e. The lowest BCUT2D eigenvalue weighted by atomic mass is 10.1. The summed E-state index contributed by atoms with van der Waals surface area (Å²) in [6.45, 7) is 0. The molecule has 0 amide bonds. The van der Waals surface area contributed by atoms with Gasteiger partial charge in [-0.1, -0.05) is 17.7 Å². The minimum Gasteiger partial charge on any atom is -0.480 e. The normalized spacial score (nSPS) is 11.7. The number of carboxylic acids is 1. The zero-order valence-electron chi connectivity index (χ0n) is 7.61. The van der Waals surface area contributed by atoms with Gasteiger partial charge in [-0.2, -0.15) is 0 Å². The van der Waals surface area contributed by atoms with Crippen LogP contribution in [0.2, 0.25) is 5.02 Å². The van der Waals surface area contributed by atoms with Crippen LogP contribution in [0.3, 0.4) is 0 Å². The molecule has 0 saturated heterocycles. The van der Waals surface area contributed by atoms with Gasteiger partial charge >= 0.3 is 5.97 Å². The standard InChI is InChI=1S/C9H9ClFNO2.ClH/c10-6-2-1-5(7(11)4-6)3-8(12)9(13)14;/h1-2,4,8H,3,12H2,(H,13,14);1H/t8-;/m0./s1. The van der Waals surface area contributed by atoms with Crippen LogP contribution < -0.4 is 5.73 Å². The molecule has 0 aliphatic heterocycles. The van der Waals surface area contributed by atoms with Crippen LogP contribution in [0, 0.1) is 5.82 Å². The number of carboxylic acid groups (broad SMARTS) is 1. The van der Waals surface area contributed by atoms with Crippen molar-refractivity contribution in [3.63, 3.8) is 0 Å². The third-order valence-corrected chi connectivity index (χ3v) is 2.01. The molecular weight excluding hydrogens is 244 g/mol. The van der Waals surface area contributed by atoms with Crippen molar-refractivity contribution in [2.24, 2.45) is 5.73 Å². The topological polar surface area (TPSA) is 63.3 Å². The first-order valence-electron chi connectivity index (χ1n) is 3.93. The second-order valence-corrected chi connectivity index (χ2v) is 3.32. The minimum absolute atomic E-state index is 0. The third kappa shape index (κ3) is 4.03. The first-order valence-corrected chi connectivity index (χ1v) is 4.31. The van der Waals surface area contributed by atoms with Crippen LogP contribution in [-0.4, -0.2) is 17.1 Å². The van der Waals surface area contributed by atoms with Gasteiger partial charge in [0.1, 0.15) is 11.9 Å². The molecule has 1 aromatic rings. The molecule has 0 unspecified atom stereocenters. The molecule has 6 heteroatoms. The number of benzene rings is 1. The van der Waals surface area contributed by atoms with Gasteiger partial charge in [-0.15, -0.1) is 12.4 Å². The van der Waals surface area contributed by atoms with Crippen molar-refractivity contribution in [1.29, 1.82) is 0 Å². The highest BCUT2D eigenvalue weighted by Gasteiger charge is 2.14. The number of hydrogen-bond donors (Lipinski definition) is 2. The minimum atomic E-state index is -1.15. The van der Waals surface area contributed by atoms with Crippen molar-refractivity contribution in [3.05, 3.63) is 34.6 Å². The van der Waals surface area contributed by atoms with Crippen molar-refractivity contribution >= 4 is 30.0 Å². The molecule has 0 aliphatic carbocycles. The second kappa shape index (κ2) is 5.90. The Labute approximate surface area is 97.4 Å². The van der Waals surface area contributed by atoms with E-state index in [9.17, 15) is 9.18 Å². The quantitative estimate of drug-likeness (QED) is 0.865. The molecule has 0 aromatic heterocycles. The van der Waals surface area contributed by atoms with Gasteiger partial charge in [-0.3, -0.25) is 4.79 Å². The number of hydrogen-bond acceptors (Lipinski definition) is 2. The van der Waals surface area contributed by atoms with Crippen LogP contribution in [0.4, 0.5) is 4.39 Å². The molecule has 0 bridgehead atoms. The van der Waals surface area contributed by atoms with Gasteiger partial charge in [-0.25, -0.2) is 4.39 Å². The fourth-order valence-corrected chi connectivity index (χ4v) is 1.17. The molecule has 0 fully saturated rings. The predicted molar refractivity (Wildman–Crippen MR) is 58.0 cm³/mol. The Kier molecular flexibility index (Phi) is 5.57. The zero-order valence-corrected chi connectivity index (χ0v) is 9.19. The lowest BCUT2D eigenvalue weighted by Crippen LogP contribution is -2.32. The predicted octanol–water partition coefficient (Wildman–Crippen LogP) is 1.86. The molecule has 0 saturated carbocycles. The van der Waals surface area contributed by atoms with Gasteiger partial charge in [-0.05, 0) is 17.7 Å². The summed E-state index contributed by atoms with van der Waals surface area (Å²) in [4.78, 5) is 10.4. The van der Waals surface area contributed by atoms with Gasteiger partial charge in [0.15, 0.2) is 0 Å². The first kappa shape index (κ1) is 14.2. The molecule has 0 radical (unpaired) electrons. The Balaban J connectivity index is 0.00000196. The van der Waals surface area contributed by atoms with E-state index >= 15 is 0 Å². The Hall–Kier alpha value is -0.840. The molecule has 1 atom stereocenters. The Morgan fingerprint density at radius 2 is 2.20 bits per heavy atom. The van der Waals surface area contributed by atoms with Gasteiger partial charge in [0, 0.05) is 11.4 Å². The number of halogens is 3. The summed E-state index contributed by atoms with van der Waals surface area (Å²) in [7, 11) is 0. The van der Waals surface area contributed by atoms with Gasteiger partial charge in [0.2, 0.25) is 0 Å². The first-order chi connectivity index (χ1) is 6.50. The number of carbonyl (C=O) groups is 1. The lowest BCUT2D eigenvalue weighted by molar-refractivity contribution is -0.138. The number of aliphatic carboxylic acids is 1. The highest BCUT2D eigenvalue weighted by atomic mass is 35.5. The summed E-state index contributed by atoms with van der Waals surface area (Å²) in [5.74, 6) is -1.69. The van der Waals surface area contributed by atoms with Crippen LogP contribution in [-0.2, 0) is 11.2 Å². The summed E-state index contributed by atoms with van der Waals surface area (Å²) in [5.41, 5.74) is 5.51. The van der Waals surface area contributed by atoms with E-state index in [0.29, 0.717) is 0 Å². The highest BCUT2D eigenvalue weighted by Crippen LogP contribution is 2.15. The molecule has 1 rings (SSSR count). The van der Waals surface area contributed by atoms with Crippen molar-refractivity contribution in [3.8, 4) is 0 Å². The Morgan fingerprint density at radius 1 is 1.60 bits per heavy atom. The van der Waals surface area contributed by atoms with Crippen molar-refractivity contribution in [2.75, 3.05) is 0 Å². The monoisotopic (exact) mass is 253 g/mol. The Morgan fingerprint density at radius 3 is 2.67 bits per heavy atom. The maximum absolute atomic E-state index is 13.1. The van der Waals surface area contributed by atoms with Crippen LogP contribution in [0.15, 0.2) is 18.2 Å². The van der Waals surface area contributed by atoms with Crippen LogP contribution >= 0.6 is 24.0 Å². The van der Waals surface area contributed by atoms with E-state index in [1.165, 1.54) is 12.1 Å². The number of nitrogens with two attached hydrogens (primary N) is 1. The summed E-state index contributed by atoms with van der Waals surface area (Å²) in [5, 5.41) is 8.79. The summed E-state index contributed by atoms with van der Waals surface area (Å²) >= 11 is 5.53. The zero-order chi connectivity index (χ0) is 10.7. The average molecular weight is 254 g/mol. The molecule has 15 heavy (non-hydrogen) atoms. The van der Waals surface area contributed by atoms with E-state index in [2.05, 4.69) is 0 Å². The maximum atomic E-state index is 13.1. The van der Waals surface area contributed by atoms with Crippen molar-refractivity contribution in [1.82, 2.24) is 0 Å².